The molecule has 0 bridgehead atoms. The highest BCUT2D eigenvalue weighted by Gasteiger charge is 2.22. The Morgan fingerprint density at radius 3 is 2.12 bits per heavy atom. The molecule has 1 aromatic heterocycles. The van der Waals surface area contributed by atoms with E-state index < -0.39 is 30.0 Å². The average Bonchev–Trinajstić information content (AvgIpc) is 3.26. The zero-order chi connectivity index (χ0) is 24.6. The van der Waals surface area contributed by atoms with E-state index in [1.807, 2.05) is 11.8 Å². The number of rotatable bonds is 8. The van der Waals surface area contributed by atoms with Crippen LogP contribution in [0.1, 0.15) is 49.8 Å². The van der Waals surface area contributed by atoms with Crippen molar-refractivity contribution in [1.29, 1.82) is 0 Å². The minimum atomic E-state index is -4.62. The lowest BCUT2D eigenvalue weighted by molar-refractivity contribution is -0.191. The Labute approximate surface area is 191 Å². The van der Waals surface area contributed by atoms with E-state index in [1.54, 1.807) is 0 Å². The van der Waals surface area contributed by atoms with Crippen LogP contribution >= 0.6 is 0 Å². The Morgan fingerprint density at radius 2 is 1.58 bits per heavy atom. The van der Waals surface area contributed by atoms with E-state index in [0.29, 0.717) is 18.2 Å². The first kappa shape index (κ1) is 26.5. The maximum absolute atomic E-state index is 11.8. The van der Waals surface area contributed by atoms with Gasteiger partial charge in [0, 0.05) is 25.9 Å². The predicted octanol–water partition coefficient (Wildman–Crippen LogP) is 1.32. The molecule has 2 heterocycles. The fourth-order valence-electron chi connectivity index (χ4n) is 3.32. The van der Waals surface area contributed by atoms with Crippen molar-refractivity contribution in [3.05, 3.63) is 35.4 Å². The maximum Gasteiger partial charge on any atom is 0.373 e. The fourth-order valence-corrected chi connectivity index (χ4v) is 4.55. The monoisotopic (exact) mass is 500 g/mol. The normalized spacial score (nSPS) is 13.8. The number of anilines is 1. The molecule has 33 heavy (non-hydrogen) atoms. The van der Waals surface area contributed by atoms with Crippen LogP contribution in [0.25, 0.3) is 0 Å². The molecule has 0 saturated carbocycles. The molecule has 2 N–H and O–H groups in total. The molecule has 2 aromatic rings. The van der Waals surface area contributed by atoms with Gasteiger partial charge in [0.15, 0.2) is 0 Å². The van der Waals surface area contributed by atoms with Crippen LogP contribution in [0.3, 0.4) is 0 Å². The first-order valence-electron chi connectivity index (χ1n) is 10.1. The van der Waals surface area contributed by atoms with E-state index in [1.165, 1.54) is 0 Å². The first-order chi connectivity index (χ1) is 15.5. The maximum atomic E-state index is 11.8. The second kappa shape index (κ2) is 11.4. The zero-order valence-corrected chi connectivity index (χ0v) is 19.5. The smallest absolute Gasteiger partial charge is 0.341 e. The molecule has 12 nitrogen and oxygen atoms in total. The van der Waals surface area contributed by atoms with Gasteiger partial charge in [0.25, 0.3) is 20.2 Å². The lowest BCUT2D eigenvalue weighted by Crippen LogP contribution is -2.22. The molecular formula is C19H24N4O8S2. The molecular weight excluding hydrogens is 476 g/mol. The molecule has 180 valence electrons. The number of benzene rings is 1. The molecule has 1 saturated heterocycles. The summed E-state index contributed by atoms with van der Waals surface area (Å²) in [7, 11) is -9.18. The van der Waals surface area contributed by atoms with Crippen molar-refractivity contribution < 1.29 is 35.5 Å². The highest BCUT2D eigenvalue weighted by atomic mass is 32.2. The molecule has 1 fully saturated rings. The van der Waals surface area contributed by atoms with E-state index in [0.717, 1.165) is 57.0 Å². The van der Waals surface area contributed by atoms with Gasteiger partial charge >= 0.3 is 6.15 Å². The molecule has 1 aromatic carbocycles. The molecule has 1 aliphatic heterocycles. The topological polar surface area (TPSA) is 185 Å². The summed E-state index contributed by atoms with van der Waals surface area (Å²) in [5.41, 5.74) is -0.0346. The van der Waals surface area contributed by atoms with Gasteiger partial charge in [-0.2, -0.15) is 36.4 Å². The van der Waals surface area contributed by atoms with Crippen molar-refractivity contribution in [3.8, 4) is 0 Å². The van der Waals surface area contributed by atoms with E-state index >= 15 is 0 Å². The number of aryl methyl sites for hydroxylation is 1. The van der Waals surface area contributed by atoms with Crippen LogP contribution in [0.4, 0.5) is 5.95 Å². The SMILES string of the molecule is CCCCc1nc(Cc2cc(S(=O)(=O)O)ccc2S(=O)(=O)O)nc(N2CCCC2)n1.O=C=O. The molecule has 0 spiro atoms. The van der Waals surface area contributed by atoms with Gasteiger partial charge in [-0.15, -0.1) is 0 Å². The fraction of sp³-hybridized carbons (Fsp3) is 0.474. The van der Waals surface area contributed by atoms with E-state index in [9.17, 15) is 25.9 Å². The van der Waals surface area contributed by atoms with Crippen LogP contribution in [0.2, 0.25) is 0 Å². The van der Waals surface area contributed by atoms with Gasteiger partial charge in [-0.05, 0) is 43.0 Å². The summed E-state index contributed by atoms with van der Waals surface area (Å²) in [6, 6.07) is 2.86. The average molecular weight is 501 g/mol. The summed E-state index contributed by atoms with van der Waals surface area (Å²) in [5.74, 6) is 1.33. The molecule has 0 amide bonds. The first-order valence-corrected chi connectivity index (χ1v) is 12.9. The van der Waals surface area contributed by atoms with E-state index in [-0.39, 0.29) is 24.0 Å². The number of carbonyl (C=O) groups excluding carboxylic acids is 2. The van der Waals surface area contributed by atoms with Gasteiger partial charge in [-0.25, -0.2) is 4.98 Å². The second-order valence-electron chi connectivity index (χ2n) is 7.25. The minimum absolute atomic E-state index is 0.0346. The van der Waals surface area contributed by atoms with Crippen molar-refractivity contribution in [1.82, 2.24) is 15.0 Å². The summed E-state index contributed by atoms with van der Waals surface area (Å²) in [6.07, 6.45) is 4.59. The Balaban J connectivity index is 0.00000122. The Hall–Kier alpha value is -2.77. The highest BCUT2D eigenvalue weighted by molar-refractivity contribution is 7.86. The van der Waals surface area contributed by atoms with Crippen LogP contribution in [0, 0.1) is 0 Å². The Bertz CT molecular complexity index is 1220. The quantitative estimate of drug-likeness (QED) is 0.496. The van der Waals surface area contributed by atoms with Gasteiger partial charge in [-0.1, -0.05) is 13.3 Å². The third-order valence-corrected chi connectivity index (χ3v) is 6.62. The lowest BCUT2D eigenvalue weighted by Gasteiger charge is -2.17. The van der Waals surface area contributed by atoms with Crippen LogP contribution in [0.15, 0.2) is 28.0 Å². The van der Waals surface area contributed by atoms with Crippen LogP contribution in [-0.2, 0) is 42.7 Å². The Kier molecular flexibility index (Phi) is 9.14. The largest absolute Gasteiger partial charge is 0.373 e. The van der Waals surface area contributed by atoms with Gasteiger partial charge in [0.2, 0.25) is 5.95 Å². The van der Waals surface area contributed by atoms with Gasteiger partial charge < -0.3 is 4.90 Å². The third-order valence-electron chi connectivity index (χ3n) is 4.82. The Morgan fingerprint density at radius 1 is 0.970 bits per heavy atom. The van der Waals surface area contributed by atoms with E-state index in [4.69, 9.17) is 9.59 Å². The summed E-state index contributed by atoms with van der Waals surface area (Å²) in [5, 5.41) is 0. The number of nitrogens with zero attached hydrogens (tertiary/aromatic N) is 4. The van der Waals surface area contributed by atoms with E-state index in [2.05, 4.69) is 15.0 Å². The van der Waals surface area contributed by atoms with Gasteiger partial charge in [0.05, 0.1) is 9.79 Å². The van der Waals surface area contributed by atoms with Crippen molar-refractivity contribution >= 4 is 32.3 Å². The van der Waals surface area contributed by atoms with Crippen molar-refractivity contribution in [2.24, 2.45) is 0 Å². The van der Waals surface area contributed by atoms with Gasteiger partial charge in [0.1, 0.15) is 11.6 Å². The number of hydrogen-bond donors (Lipinski definition) is 2. The summed E-state index contributed by atoms with van der Waals surface area (Å²) >= 11 is 0. The summed E-state index contributed by atoms with van der Waals surface area (Å²) < 4.78 is 65.4. The number of unbranched alkanes of at least 4 members (excludes halogenated alkanes) is 1. The minimum Gasteiger partial charge on any atom is -0.341 e. The highest BCUT2D eigenvalue weighted by Crippen LogP contribution is 2.23. The number of hydrogen-bond acceptors (Lipinski definition) is 10. The molecule has 0 unspecified atom stereocenters. The van der Waals surface area contributed by atoms with Crippen molar-refractivity contribution in [2.75, 3.05) is 18.0 Å². The predicted molar refractivity (Wildman–Crippen MR) is 114 cm³/mol. The lowest BCUT2D eigenvalue weighted by atomic mass is 10.1. The molecule has 14 heteroatoms. The van der Waals surface area contributed by atoms with Crippen LogP contribution in [0.5, 0.6) is 0 Å². The second-order valence-corrected chi connectivity index (χ2v) is 10.1. The zero-order valence-electron chi connectivity index (χ0n) is 17.8. The van der Waals surface area contributed by atoms with Crippen LogP contribution < -0.4 is 4.90 Å². The molecule has 0 radical (unpaired) electrons. The van der Waals surface area contributed by atoms with Gasteiger partial charge in [-0.3, -0.25) is 9.11 Å². The van der Waals surface area contributed by atoms with Crippen LogP contribution in [-0.4, -0.2) is 60.1 Å². The standard InChI is InChI=1S/C18H24N4O6S2.CO2/c1-2-3-6-16-19-17(21-18(20-16)22-9-4-5-10-22)12-13-11-14(29(23,24)25)7-8-15(13)30(26,27)28;2-1-3/h7-8,11H,2-6,9-10,12H2,1H3,(H,23,24,25)(H,26,27,28);. The molecule has 0 atom stereocenters. The number of aromatic nitrogens is 3. The summed E-state index contributed by atoms with van der Waals surface area (Å²) in [4.78, 5) is 30.7. The molecule has 1 aliphatic rings. The summed E-state index contributed by atoms with van der Waals surface area (Å²) in [6.45, 7) is 3.67. The molecule has 0 aliphatic carbocycles. The molecule has 3 rings (SSSR count). The van der Waals surface area contributed by atoms with Crippen molar-refractivity contribution in [3.63, 3.8) is 0 Å². The van der Waals surface area contributed by atoms with Crippen molar-refractivity contribution in [2.45, 2.75) is 55.2 Å². The third kappa shape index (κ3) is 7.65.